The van der Waals surface area contributed by atoms with Crippen molar-refractivity contribution >= 4 is 28.9 Å². The van der Waals surface area contributed by atoms with Crippen LogP contribution in [0.4, 0.5) is 17.1 Å². The Bertz CT molecular complexity index is 830. The van der Waals surface area contributed by atoms with Crippen LogP contribution in [-0.2, 0) is 15.0 Å². The zero-order valence-electron chi connectivity index (χ0n) is 17.6. The quantitative estimate of drug-likeness (QED) is 0.707. The number of carbonyl (C=O) groups is 2. The number of amides is 2. The Kier molecular flexibility index (Phi) is 6.57. The molecule has 3 rings (SSSR count). The molecule has 2 aromatic rings. The number of benzene rings is 2. The minimum Gasteiger partial charge on any atom is -0.372 e. The average Bonchev–Trinajstić information content (AvgIpc) is 2.69. The minimum atomic E-state index is -0.323. The molecule has 0 aliphatic carbocycles. The number of piperidine rings is 1. The van der Waals surface area contributed by atoms with E-state index in [2.05, 4.69) is 36.3 Å². The lowest BCUT2D eigenvalue weighted by Gasteiger charge is -2.28. The van der Waals surface area contributed by atoms with E-state index < -0.39 is 0 Å². The molecule has 2 aromatic carbocycles. The van der Waals surface area contributed by atoms with Gasteiger partial charge in [0.25, 0.3) is 0 Å². The Morgan fingerprint density at radius 3 is 1.76 bits per heavy atom. The molecule has 1 aliphatic heterocycles. The fourth-order valence-corrected chi connectivity index (χ4v) is 3.52. The molecule has 2 amide bonds. The maximum absolute atomic E-state index is 12.2. The van der Waals surface area contributed by atoms with E-state index in [1.807, 2.05) is 48.5 Å². The van der Waals surface area contributed by atoms with Crippen molar-refractivity contribution in [2.24, 2.45) is 0 Å². The van der Waals surface area contributed by atoms with Crippen molar-refractivity contribution in [2.45, 2.75) is 51.9 Å². The van der Waals surface area contributed by atoms with Gasteiger partial charge in [0.1, 0.15) is 6.42 Å². The summed E-state index contributed by atoms with van der Waals surface area (Å²) in [7, 11) is 0. The van der Waals surface area contributed by atoms with Crippen molar-refractivity contribution in [2.75, 3.05) is 28.6 Å². The molecule has 1 heterocycles. The molecule has 2 N–H and O–H groups in total. The molecule has 0 radical (unpaired) electrons. The summed E-state index contributed by atoms with van der Waals surface area (Å²) in [6.45, 7) is 8.60. The molecule has 154 valence electrons. The summed E-state index contributed by atoms with van der Waals surface area (Å²) in [6.07, 6.45) is 3.54. The Morgan fingerprint density at radius 1 is 0.793 bits per heavy atom. The van der Waals surface area contributed by atoms with Crippen molar-refractivity contribution in [3.05, 3.63) is 54.1 Å². The van der Waals surface area contributed by atoms with Crippen molar-refractivity contribution in [3.8, 4) is 0 Å². The highest BCUT2D eigenvalue weighted by Gasteiger charge is 2.15. The van der Waals surface area contributed by atoms with Gasteiger partial charge < -0.3 is 15.5 Å². The minimum absolute atomic E-state index is 0.0615. The second kappa shape index (κ2) is 9.12. The first-order valence-electron chi connectivity index (χ1n) is 10.4. The van der Waals surface area contributed by atoms with E-state index in [-0.39, 0.29) is 23.7 Å². The number of hydrogen-bond acceptors (Lipinski definition) is 3. The average molecular weight is 394 g/mol. The van der Waals surface area contributed by atoms with E-state index in [0.717, 1.165) is 13.1 Å². The van der Waals surface area contributed by atoms with Crippen LogP contribution in [0.15, 0.2) is 48.5 Å². The van der Waals surface area contributed by atoms with Crippen LogP contribution in [0.25, 0.3) is 0 Å². The topological polar surface area (TPSA) is 61.4 Å². The first-order chi connectivity index (χ1) is 13.8. The normalized spacial score (nSPS) is 14.4. The predicted molar refractivity (Wildman–Crippen MR) is 120 cm³/mol. The third-order valence-corrected chi connectivity index (χ3v) is 5.23. The molecule has 1 saturated heterocycles. The van der Waals surface area contributed by atoms with Crippen LogP contribution in [0.5, 0.6) is 0 Å². The van der Waals surface area contributed by atoms with Gasteiger partial charge >= 0.3 is 0 Å². The second-order valence-corrected chi connectivity index (χ2v) is 8.70. The Hall–Kier alpha value is -2.82. The van der Waals surface area contributed by atoms with Gasteiger partial charge in [0.05, 0.1) is 0 Å². The van der Waals surface area contributed by atoms with Crippen LogP contribution in [0, 0.1) is 0 Å². The maximum atomic E-state index is 12.2. The lowest BCUT2D eigenvalue weighted by molar-refractivity contribution is -0.123. The van der Waals surface area contributed by atoms with Gasteiger partial charge in [0.15, 0.2) is 0 Å². The van der Waals surface area contributed by atoms with Crippen molar-refractivity contribution in [1.82, 2.24) is 0 Å². The summed E-state index contributed by atoms with van der Waals surface area (Å²) in [5.41, 5.74) is 3.84. The Morgan fingerprint density at radius 2 is 1.28 bits per heavy atom. The lowest BCUT2D eigenvalue weighted by atomic mass is 9.87. The van der Waals surface area contributed by atoms with E-state index in [9.17, 15) is 9.59 Å². The molecule has 0 unspecified atom stereocenters. The van der Waals surface area contributed by atoms with E-state index in [1.54, 1.807) is 0 Å². The summed E-state index contributed by atoms with van der Waals surface area (Å²) in [6, 6.07) is 15.6. The van der Waals surface area contributed by atoms with Crippen LogP contribution in [-0.4, -0.2) is 24.9 Å². The first-order valence-corrected chi connectivity index (χ1v) is 10.4. The smallest absolute Gasteiger partial charge is 0.233 e. The lowest BCUT2D eigenvalue weighted by Crippen LogP contribution is -2.29. The molecule has 0 saturated carbocycles. The largest absolute Gasteiger partial charge is 0.372 e. The summed E-state index contributed by atoms with van der Waals surface area (Å²) in [5, 5.41) is 5.58. The number of rotatable bonds is 5. The van der Waals surface area contributed by atoms with E-state index >= 15 is 0 Å². The molecule has 29 heavy (non-hydrogen) atoms. The predicted octanol–water partition coefficient (Wildman–Crippen LogP) is 4.94. The highest BCUT2D eigenvalue weighted by atomic mass is 16.2. The molecule has 0 spiro atoms. The Labute approximate surface area is 173 Å². The van der Waals surface area contributed by atoms with Crippen molar-refractivity contribution in [3.63, 3.8) is 0 Å². The monoisotopic (exact) mass is 393 g/mol. The fourth-order valence-electron chi connectivity index (χ4n) is 3.52. The van der Waals surface area contributed by atoms with Crippen LogP contribution in [0.1, 0.15) is 52.0 Å². The van der Waals surface area contributed by atoms with Crippen molar-refractivity contribution in [1.29, 1.82) is 0 Å². The molecule has 0 atom stereocenters. The molecule has 1 aliphatic rings. The van der Waals surface area contributed by atoms with Crippen molar-refractivity contribution < 1.29 is 9.59 Å². The summed E-state index contributed by atoms with van der Waals surface area (Å²) < 4.78 is 0. The summed E-state index contributed by atoms with van der Waals surface area (Å²) in [4.78, 5) is 26.7. The van der Waals surface area contributed by atoms with E-state index in [4.69, 9.17) is 0 Å². The third-order valence-electron chi connectivity index (χ3n) is 5.23. The fraction of sp³-hybridized carbons (Fsp3) is 0.417. The Balaban J connectivity index is 1.49. The van der Waals surface area contributed by atoms with Gasteiger partial charge in [0, 0.05) is 30.2 Å². The molecule has 5 nitrogen and oxygen atoms in total. The SMILES string of the molecule is CC(C)(C)c1ccc(NC(=O)CC(=O)Nc2ccc(N3CCCCC3)cc2)cc1. The second-order valence-electron chi connectivity index (χ2n) is 8.70. The van der Waals surface area contributed by atoms with Gasteiger partial charge in [-0.05, 0) is 66.6 Å². The molecular weight excluding hydrogens is 362 g/mol. The van der Waals surface area contributed by atoms with Crippen LogP contribution >= 0.6 is 0 Å². The standard InChI is InChI=1S/C24H31N3O2/c1-24(2,3)18-7-9-19(10-8-18)25-22(28)17-23(29)26-20-11-13-21(14-12-20)27-15-5-4-6-16-27/h7-14H,4-6,15-17H2,1-3H3,(H,25,28)(H,26,29). The number of nitrogens with zero attached hydrogens (tertiary/aromatic N) is 1. The van der Waals surface area contributed by atoms with Gasteiger partial charge in [0.2, 0.25) is 11.8 Å². The summed E-state index contributed by atoms with van der Waals surface area (Å²) in [5.74, 6) is -0.643. The molecule has 0 aromatic heterocycles. The number of anilines is 3. The third kappa shape index (κ3) is 6.08. The number of hydrogen-bond donors (Lipinski definition) is 2. The zero-order valence-corrected chi connectivity index (χ0v) is 17.6. The molecular formula is C24H31N3O2. The van der Waals surface area contributed by atoms with Gasteiger partial charge in [-0.25, -0.2) is 0 Å². The van der Waals surface area contributed by atoms with Crippen LogP contribution < -0.4 is 15.5 Å². The summed E-state index contributed by atoms with van der Waals surface area (Å²) >= 11 is 0. The highest BCUT2D eigenvalue weighted by molar-refractivity contribution is 6.08. The van der Waals surface area contributed by atoms with Gasteiger partial charge in [-0.15, -0.1) is 0 Å². The number of nitrogens with one attached hydrogen (secondary N) is 2. The van der Waals surface area contributed by atoms with E-state index in [0.29, 0.717) is 11.4 Å². The van der Waals surface area contributed by atoms with E-state index in [1.165, 1.54) is 30.5 Å². The molecule has 1 fully saturated rings. The molecule has 5 heteroatoms. The zero-order chi connectivity index (χ0) is 20.9. The maximum Gasteiger partial charge on any atom is 0.233 e. The molecule has 0 bridgehead atoms. The van der Waals surface area contributed by atoms with Gasteiger partial charge in [-0.3, -0.25) is 9.59 Å². The van der Waals surface area contributed by atoms with Gasteiger partial charge in [-0.2, -0.15) is 0 Å². The van der Waals surface area contributed by atoms with Crippen LogP contribution in [0.3, 0.4) is 0 Å². The van der Waals surface area contributed by atoms with Gasteiger partial charge in [-0.1, -0.05) is 32.9 Å². The van der Waals surface area contributed by atoms with Crippen LogP contribution in [0.2, 0.25) is 0 Å². The number of carbonyl (C=O) groups excluding carboxylic acids is 2. The first kappa shape index (κ1) is 20.9. The highest BCUT2D eigenvalue weighted by Crippen LogP contribution is 2.24.